The van der Waals surface area contributed by atoms with Gasteiger partial charge in [-0.15, -0.1) is 0 Å². The Bertz CT molecular complexity index is 2600. The van der Waals surface area contributed by atoms with Crippen molar-refractivity contribution in [2.24, 2.45) is 22.7 Å². The Kier molecular flexibility index (Phi) is 15.6. The van der Waals surface area contributed by atoms with Crippen LogP contribution in [0.2, 0.25) is 0 Å². The molecule has 392 valence electrons. The Balaban J connectivity index is 1.33. The number of ketones is 1. The zero-order chi connectivity index (χ0) is 53.3. The van der Waals surface area contributed by atoms with E-state index in [4.69, 9.17) is 37.9 Å². The van der Waals surface area contributed by atoms with Crippen molar-refractivity contribution in [3.63, 3.8) is 0 Å². The highest BCUT2D eigenvalue weighted by Gasteiger charge is 2.77. The number of aliphatic hydroxyl groups is 1. The van der Waals surface area contributed by atoms with E-state index in [1.54, 1.807) is 127 Å². The minimum Gasteiger partial charge on any atom is -0.455 e. The van der Waals surface area contributed by atoms with Gasteiger partial charge >= 0.3 is 36.1 Å². The molecule has 0 unspecified atom stereocenters. The van der Waals surface area contributed by atoms with Crippen molar-refractivity contribution in [3.8, 4) is 0 Å². The number of esters is 4. The minimum atomic E-state index is -2.28. The highest BCUT2D eigenvalue weighted by atomic mass is 16.6. The molecule has 0 aromatic heterocycles. The van der Waals surface area contributed by atoms with Crippen molar-refractivity contribution in [2.75, 3.05) is 20.3 Å². The number of ether oxygens (including phenoxy) is 8. The number of carbonyl (C=O) groups excluding carboxylic acids is 7. The average Bonchev–Trinajstić information content (AvgIpc) is 3.34. The maximum absolute atomic E-state index is 15.7. The van der Waals surface area contributed by atoms with E-state index in [2.05, 4.69) is 10.6 Å². The van der Waals surface area contributed by atoms with E-state index in [1.165, 1.54) is 26.2 Å². The number of hydrogen-bond donors (Lipinski definition) is 3. The SMILES string of the molecule is CO[C@H]1C(=O)[C@@]2(C)[C@H]([C@H](OC(=O)c3ccccc3)[C@]3(O)C[C@H](OC(=O)[C@H](OC(=O)CNC(=O)OCc4ccccc4)[C@@H](NC(=O)OC(C)(C)C)c4ccccc4)C(C)=C1C3(C)C)[C@]1(OC(C)=O)CO[C@@H]1C[C@@H]2C. The number of hydrogen-bond acceptors (Lipinski definition) is 16. The molecule has 3 N–H and O–H groups in total. The van der Waals surface area contributed by atoms with Crippen molar-refractivity contribution in [1.82, 2.24) is 10.6 Å². The lowest BCUT2D eigenvalue weighted by Gasteiger charge is -2.68. The standard InChI is InChI=1S/C55H66N2O16/c1-31-26-38-54(30-68-38,72-33(3)58)44-46(71-47(61)36-24-18-13-19-25-36)55(65)27-37(32(2)40(52(55,7)8)42(66-10)45(60)53(31,44)9)69-48(62)43(41(35-22-16-12-17-23-35)57-50(64)73-51(4,5)6)70-39(59)28-56-49(63)67-29-34-20-14-11-15-21-34/h11-25,31,37-38,41-44,46,65H,26-30H2,1-10H3,(H,56,63)(H,57,64)/t31-,37-,38+,41-,42+,43+,44-,46-,53+,54-,55+/m0/s1. The fourth-order valence-corrected chi connectivity index (χ4v) is 11.3. The molecule has 2 bridgehead atoms. The number of nitrogens with one attached hydrogen (secondary N) is 2. The Hall–Kier alpha value is -6.63. The predicted octanol–water partition coefficient (Wildman–Crippen LogP) is 6.67. The zero-order valence-corrected chi connectivity index (χ0v) is 42.9. The van der Waals surface area contributed by atoms with Crippen molar-refractivity contribution in [3.05, 3.63) is 119 Å². The van der Waals surface area contributed by atoms with Crippen LogP contribution in [-0.4, -0.2) is 115 Å². The smallest absolute Gasteiger partial charge is 0.408 e. The van der Waals surface area contributed by atoms with Crippen molar-refractivity contribution < 1.29 is 76.6 Å². The lowest BCUT2D eigenvalue weighted by molar-refractivity contribution is -0.340. The highest BCUT2D eigenvalue weighted by molar-refractivity contribution is 5.94. The fourth-order valence-electron chi connectivity index (χ4n) is 11.3. The van der Waals surface area contributed by atoms with Crippen molar-refractivity contribution in [2.45, 2.75) is 135 Å². The number of carbonyl (C=O) groups is 7. The van der Waals surface area contributed by atoms with E-state index in [9.17, 15) is 29.1 Å². The molecule has 3 aromatic rings. The van der Waals surface area contributed by atoms with Crippen LogP contribution in [0.5, 0.6) is 0 Å². The number of alkyl carbamates (subject to hydrolysis) is 2. The van der Waals surface area contributed by atoms with Gasteiger partial charge in [0.25, 0.3) is 0 Å². The first kappa shape index (κ1) is 54.2. The van der Waals surface area contributed by atoms with Crippen LogP contribution in [-0.2, 0) is 63.7 Å². The number of Topliss-reactive ketones (excluding diaryl/α,β-unsaturated/α-hetero) is 1. The summed E-state index contributed by atoms with van der Waals surface area (Å²) in [5.41, 5.74) is -6.32. The summed E-state index contributed by atoms with van der Waals surface area (Å²) in [5.74, 6) is -6.16. The summed E-state index contributed by atoms with van der Waals surface area (Å²) in [7, 11) is 1.35. The molecule has 0 spiro atoms. The fraction of sp³-hybridized carbons (Fsp3) is 0.509. The van der Waals surface area contributed by atoms with Crippen molar-refractivity contribution in [1.29, 1.82) is 0 Å². The normalized spacial score (nSPS) is 28.9. The third-order valence-corrected chi connectivity index (χ3v) is 15.1. The third kappa shape index (κ3) is 10.6. The summed E-state index contributed by atoms with van der Waals surface area (Å²) in [5, 5.41) is 19.0. The number of methoxy groups -OCH3 is 1. The van der Waals surface area contributed by atoms with Gasteiger partial charge in [0.2, 0.25) is 6.10 Å². The van der Waals surface area contributed by atoms with Crippen LogP contribution in [0.15, 0.2) is 102 Å². The van der Waals surface area contributed by atoms with Gasteiger partial charge in [0.05, 0.1) is 18.1 Å². The van der Waals surface area contributed by atoms with E-state index >= 15 is 9.59 Å². The lowest BCUT2D eigenvalue weighted by atomic mass is 9.43. The van der Waals surface area contributed by atoms with Crippen LogP contribution in [0.25, 0.3) is 0 Å². The Morgan fingerprint density at radius 2 is 1.49 bits per heavy atom. The van der Waals surface area contributed by atoms with Gasteiger partial charge < -0.3 is 53.6 Å². The van der Waals surface area contributed by atoms with Gasteiger partial charge in [-0.2, -0.15) is 0 Å². The summed E-state index contributed by atoms with van der Waals surface area (Å²) in [6.45, 7) is 13.6. The molecule has 2 amide bonds. The summed E-state index contributed by atoms with van der Waals surface area (Å²) >= 11 is 0. The van der Waals surface area contributed by atoms with Crippen LogP contribution in [0.3, 0.4) is 0 Å². The Morgan fingerprint density at radius 3 is 2.07 bits per heavy atom. The van der Waals surface area contributed by atoms with E-state index in [0.29, 0.717) is 11.1 Å². The molecule has 4 aliphatic rings. The number of benzene rings is 3. The maximum atomic E-state index is 15.7. The third-order valence-electron chi connectivity index (χ3n) is 15.1. The Morgan fingerprint density at radius 1 is 0.877 bits per heavy atom. The van der Waals surface area contributed by atoms with Crippen molar-refractivity contribution >= 4 is 41.8 Å². The highest BCUT2D eigenvalue weighted by Crippen LogP contribution is 2.65. The second kappa shape index (κ2) is 21.1. The summed E-state index contributed by atoms with van der Waals surface area (Å²) in [6, 6.07) is 23.5. The van der Waals surface area contributed by atoms with Gasteiger partial charge in [0, 0.05) is 31.3 Å². The first-order valence-corrected chi connectivity index (χ1v) is 24.3. The van der Waals surface area contributed by atoms with Gasteiger partial charge in [-0.1, -0.05) is 107 Å². The molecule has 3 aromatic carbocycles. The van der Waals surface area contributed by atoms with Gasteiger partial charge in [0.15, 0.2) is 11.4 Å². The molecule has 11 atom stereocenters. The molecular weight excluding hydrogens is 945 g/mol. The van der Waals surface area contributed by atoms with Crippen LogP contribution in [0.4, 0.5) is 9.59 Å². The van der Waals surface area contributed by atoms with E-state index < -0.39 is 131 Å². The van der Waals surface area contributed by atoms with Crippen LogP contribution < -0.4 is 10.6 Å². The first-order valence-electron chi connectivity index (χ1n) is 24.3. The molecular formula is C55H66N2O16. The monoisotopic (exact) mass is 1010 g/mol. The number of amides is 2. The second-order valence-corrected chi connectivity index (χ2v) is 21.1. The summed E-state index contributed by atoms with van der Waals surface area (Å²) in [6.07, 6.45) is -9.49. The predicted molar refractivity (Wildman–Crippen MR) is 260 cm³/mol. The molecule has 1 heterocycles. The molecule has 2 saturated carbocycles. The van der Waals surface area contributed by atoms with E-state index in [1.807, 2.05) is 6.92 Å². The molecule has 3 fully saturated rings. The molecule has 18 heteroatoms. The van der Waals surface area contributed by atoms with Gasteiger partial charge in [-0.25, -0.2) is 19.2 Å². The van der Waals surface area contributed by atoms with Crippen LogP contribution in [0.1, 0.15) is 103 Å². The molecule has 7 rings (SSSR count). The average molecular weight is 1010 g/mol. The van der Waals surface area contributed by atoms with Gasteiger partial charge in [0.1, 0.15) is 54.8 Å². The van der Waals surface area contributed by atoms with E-state index in [-0.39, 0.29) is 36.3 Å². The molecule has 73 heavy (non-hydrogen) atoms. The minimum absolute atomic E-state index is 0.105. The van der Waals surface area contributed by atoms with Gasteiger partial charge in [-0.3, -0.25) is 14.4 Å². The van der Waals surface area contributed by atoms with Crippen LogP contribution in [0, 0.1) is 22.7 Å². The Labute approximate surface area is 424 Å². The van der Waals surface area contributed by atoms with Crippen LogP contribution >= 0.6 is 0 Å². The number of fused-ring (bicyclic) bond motifs is 5. The first-order chi connectivity index (χ1) is 34.4. The lowest BCUT2D eigenvalue weighted by Crippen LogP contribution is -2.80. The number of rotatable bonds is 14. The quantitative estimate of drug-likeness (QED) is 0.0869. The second-order valence-electron chi connectivity index (χ2n) is 21.1. The summed E-state index contributed by atoms with van der Waals surface area (Å²) < 4.78 is 48.2. The molecule has 18 nitrogen and oxygen atoms in total. The summed E-state index contributed by atoms with van der Waals surface area (Å²) in [4.78, 5) is 98.8. The van der Waals surface area contributed by atoms with E-state index in [0.717, 1.165) is 0 Å². The van der Waals surface area contributed by atoms with Gasteiger partial charge in [-0.05, 0) is 74.4 Å². The maximum Gasteiger partial charge on any atom is 0.408 e. The molecule has 3 aliphatic carbocycles. The molecule has 1 aliphatic heterocycles. The molecule has 0 radical (unpaired) electrons. The molecule has 1 saturated heterocycles. The largest absolute Gasteiger partial charge is 0.455 e. The zero-order valence-electron chi connectivity index (χ0n) is 42.9. The topological polar surface area (TPSA) is 238 Å².